The highest BCUT2D eigenvalue weighted by Gasteiger charge is 2.28. The number of nitrogens with zero attached hydrogens (tertiary/aromatic N) is 3. The van der Waals surface area contributed by atoms with Crippen LogP contribution >= 0.6 is 23.1 Å². The summed E-state index contributed by atoms with van der Waals surface area (Å²) in [6.07, 6.45) is 6.22. The third-order valence-corrected chi connectivity index (χ3v) is 7.66. The van der Waals surface area contributed by atoms with E-state index in [4.69, 9.17) is 4.74 Å². The standard InChI is InChI=1S/C24H26N4O3S2/c1-3-14-28-19(13-12-16-8-5-4-6-9-16)26-27-24(28)32-15-20(29)25-22-21(23(30)31-2)17-10-7-11-18(17)33-22/h3-6,8-9H,1,7,10-15H2,2H3,(H,25,29). The summed E-state index contributed by atoms with van der Waals surface area (Å²) in [5, 5.41) is 12.8. The van der Waals surface area contributed by atoms with Crippen molar-refractivity contribution in [1.29, 1.82) is 0 Å². The number of esters is 1. The van der Waals surface area contributed by atoms with E-state index in [1.165, 1.54) is 35.8 Å². The van der Waals surface area contributed by atoms with Crippen LogP contribution in [0.3, 0.4) is 0 Å². The van der Waals surface area contributed by atoms with E-state index in [2.05, 4.69) is 34.2 Å². The number of allylic oxidation sites excluding steroid dienone is 1. The fraction of sp³-hybridized carbons (Fsp3) is 0.333. The molecule has 9 heteroatoms. The van der Waals surface area contributed by atoms with Crippen molar-refractivity contribution in [3.63, 3.8) is 0 Å². The van der Waals surface area contributed by atoms with Crippen LogP contribution in [0.2, 0.25) is 0 Å². The van der Waals surface area contributed by atoms with Crippen LogP contribution in [0.1, 0.15) is 38.6 Å². The molecule has 0 spiro atoms. The number of fused-ring (bicyclic) bond motifs is 1. The van der Waals surface area contributed by atoms with E-state index in [1.54, 1.807) is 6.08 Å². The number of thiophene rings is 1. The van der Waals surface area contributed by atoms with Gasteiger partial charge < -0.3 is 14.6 Å². The molecular weight excluding hydrogens is 456 g/mol. The monoisotopic (exact) mass is 482 g/mol. The molecule has 2 aromatic heterocycles. The number of benzene rings is 1. The zero-order valence-electron chi connectivity index (χ0n) is 18.5. The van der Waals surface area contributed by atoms with Crippen LogP contribution in [-0.4, -0.2) is 39.5 Å². The van der Waals surface area contributed by atoms with Gasteiger partial charge in [-0.05, 0) is 36.8 Å². The molecule has 1 amide bonds. The van der Waals surface area contributed by atoms with Crippen LogP contribution in [0.25, 0.3) is 0 Å². The SMILES string of the molecule is C=CCn1c(CCc2ccccc2)nnc1SCC(=O)Nc1sc2c(c1C(=O)OC)CCC2. The van der Waals surface area contributed by atoms with Gasteiger partial charge in [-0.2, -0.15) is 0 Å². The molecule has 0 aliphatic heterocycles. The van der Waals surface area contributed by atoms with Crippen molar-refractivity contribution in [3.05, 3.63) is 70.4 Å². The van der Waals surface area contributed by atoms with Gasteiger partial charge in [0.05, 0.1) is 18.4 Å². The quantitative estimate of drug-likeness (QED) is 0.263. The Hall–Kier alpha value is -2.91. The van der Waals surface area contributed by atoms with Crippen LogP contribution in [0.5, 0.6) is 0 Å². The number of hydrogen-bond donors (Lipinski definition) is 1. The van der Waals surface area contributed by atoms with E-state index in [0.717, 1.165) is 48.4 Å². The minimum absolute atomic E-state index is 0.164. The molecule has 0 radical (unpaired) electrons. The molecule has 1 aliphatic carbocycles. The molecule has 0 saturated heterocycles. The van der Waals surface area contributed by atoms with Gasteiger partial charge in [0.25, 0.3) is 0 Å². The molecule has 0 saturated carbocycles. The van der Waals surface area contributed by atoms with Gasteiger partial charge >= 0.3 is 5.97 Å². The number of amides is 1. The maximum absolute atomic E-state index is 12.7. The summed E-state index contributed by atoms with van der Waals surface area (Å²) < 4.78 is 6.95. The number of hydrogen-bond acceptors (Lipinski definition) is 7. The summed E-state index contributed by atoms with van der Waals surface area (Å²) in [5.74, 6) is 0.441. The zero-order valence-corrected chi connectivity index (χ0v) is 20.1. The van der Waals surface area contributed by atoms with Crippen LogP contribution in [0, 0.1) is 0 Å². The van der Waals surface area contributed by atoms with Crippen LogP contribution in [-0.2, 0) is 41.8 Å². The normalized spacial score (nSPS) is 12.4. The first-order valence-electron chi connectivity index (χ1n) is 10.8. The lowest BCUT2D eigenvalue weighted by molar-refractivity contribution is -0.113. The molecule has 3 aromatic rings. The molecule has 1 N–H and O–H groups in total. The summed E-state index contributed by atoms with van der Waals surface area (Å²) in [6.45, 7) is 4.41. The van der Waals surface area contributed by atoms with Gasteiger partial charge in [0.2, 0.25) is 5.91 Å². The van der Waals surface area contributed by atoms with Crippen LogP contribution in [0.15, 0.2) is 48.1 Å². The van der Waals surface area contributed by atoms with E-state index in [-0.39, 0.29) is 11.7 Å². The fourth-order valence-corrected chi connectivity index (χ4v) is 5.99. The Morgan fingerprint density at radius 3 is 2.82 bits per heavy atom. The Labute approximate surface area is 201 Å². The Morgan fingerprint density at radius 1 is 1.24 bits per heavy atom. The fourth-order valence-electron chi connectivity index (χ4n) is 3.93. The van der Waals surface area contributed by atoms with Crippen molar-refractivity contribution in [1.82, 2.24) is 14.8 Å². The predicted octanol–water partition coefficient (Wildman–Crippen LogP) is 4.32. The molecule has 172 valence electrons. The zero-order chi connectivity index (χ0) is 23.2. The molecule has 0 bridgehead atoms. The molecule has 33 heavy (non-hydrogen) atoms. The first kappa shape index (κ1) is 23.3. The van der Waals surface area contributed by atoms with Crippen molar-refractivity contribution >= 4 is 40.0 Å². The van der Waals surface area contributed by atoms with Gasteiger partial charge in [0, 0.05) is 17.8 Å². The highest BCUT2D eigenvalue weighted by Crippen LogP contribution is 2.39. The van der Waals surface area contributed by atoms with Crippen molar-refractivity contribution in [2.24, 2.45) is 0 Å². The lowest BCUT2D eigenvalue weighted by Crippen LogP contribution is -2.16. The van der Waals surface area contributed by atoms with Gasteiger partial charge in [0.15, 0.2) is 5.16 Å². The summed E-state index contributed by atoms with van der Waals surface area (Å²) in [7, 11) is 1.37. The maximum atomic E-state index is 12.7. The molecule has 0 unspecified atom stereocenters. The number of nitrogens with one attached hydrogen (secondary N) is 1. The second-order valence-corrected chi connectivity index (χ2v) is 9.72. The molecule has 4 rings (SSSR count). The van der Waals surface area contributed by atoms with E-state index >= 15 is 0 Å². The van der Waals surface area contributed by atoms with E-state index in [1.807, 2.05) is 22.8 Å². The smallest absolute Gasteiger partial charge is 0.341 e. The molecular formula is C24H26N4O3S2. The lowest BCUT2D eigenvalue weighted by Gasteiger charge is -2.09. The van der Waals surface area contributed by atoms with Crippen molar-refractivity contribution < 1.29 is 14.3 Å². The Balaban J connectivity index is 1.41. The summed E-state index contributed by atoms with van der Waals surface area (Å²) in [4.78, 5) is 26.2. The number of carbonyl (C=O) groups excluding carboxylic acids is 2. The van der Waals surface area contributed by atoms with Crippen LogP contribution < -0.4 is 5.32 Å². The van der Waals surface area contributed by atoms with Gasteiger partial charge in [-0.3, -0.25) is 4.79 Å². The van der Waals surface area contributed by atoms with Gasteiger partial charge in [0.1, 0.15) is 10.8 Å². The highest BCUT2D eigenvalue weighted by atomic mass is 32.2. The summed E-state index contributed by atoms with van der Waals surface area (Å²) in [6, 6.07) is 10.2. The molecule has 1 aliphatic rings. The lowest BCUT2D eigenvalue weighted by atomic mass is 10.1. The molecule has 1 aromatic carbocycles. The number of ether oxygens (including phenoxy) is 1. The second-order valence-electron chi connectivity index (χ2n) is 7.67. The average Bonchev–Trinajstić information content (AvgIpc) is 3.52. The predicted molar refractivity (Wildman–Crippen MR) is 131 cm³/mol. The van der Waals surface area contributed by atoms with Crippen molar-refractivity contribution in [2.75, 3.05) is 18.2 Å². The van der Waals surface area contributed by atoms with E-state index < -0.39 is 5.97 Å². The first-order chi connectivity index (χ1) is 16.1. The van der Waals surface area contributed by atoms with E-state index in [9.17, 15) is 9.59 Å². The minimum Gasteiger partial charge on any atom is -0.465 e. The third-order valence-electron chi connectivity index (χ3n) is 5.48. The Bertz CT molecular complexity index is 1150. The van der Waals surface area contributed by atoms with Gasteiger partial charge in [-0.15, -0.1) is 28.1 Å². The molecule has 0 fully saturated rings. The largest absolute Gasteiger partial charge is 0.465 e. The summed E-state index contributed by atoms with van der Waals surface area (Å²) in [5.41, 5.74) is 2.76. The molecule has 7 nitrogen and oxygen atoms in total. The van der Waals surface area contributed by atoms with Crippen LogP contribution in [0.4, 0.5) is 5.00 Å². The number of thioether (sulfide) groups is 1. The first-order valence-corrected chi connectivity index (χ1v) is 12.6. The van der Waals surface area contributed by atoms with Crippen molar-refractivity contribution in [2.45, 2.75) is 43.8 Å². The number of anilines is 1. The Kier molecular flexibility index (Phi) is 7.61. The number of methoxy groups -OCH3 is 1. The molecule has 0 atom stereocenters. The number of aryl methyl sites for hydroxylation is 3. The molecule has 2 heterocycles. The highest BCUT2D eigenvalue weighted by molar-refractivity contribution is 7.99. The maximum Gasteiger partial charge on any atom is 0.341 e. The third kappa shape index (κ3) is 5.36. The number of carbonyl (C=O) groups is 2. The number of rotatable bonds is 10. The average molecular weight is 483 g/mol. The second kappa shape index (κ2) is 10.8. The number of aromatic nitrogens is 3. The Morgan fingerprint density at radius 2 is 2.06 bits per heavy atom. The summed E-state index contributed by atoms with van der Waals surface area (Å²) >= 11 is 2.80. The minimum atomic E-state index is -0.397. The topological polar surface area (TPSA) is 86.1 Å². The van der Waals surface area contributed by atoms with Gasteiger partial charge in [-0.25, -0.2) is 4.79 Å². The van der Waals surface area contributed by atoms with Crippen molar-refractivity contribution in [3.8, 4) is 0 Å². The van der Waals surface area contributed by atoms with E-state index in [0.29, 0.717) is 22.3 Å². The van der Waals surface area contributed by atoms with Gasteiger partial charge in [-0.1, -0.05) is 48.2 Å².